The second-order valence-electron chi connectivity index (χ2n) is 5.93. The largest absolute Gasteiger partial charge is 0.464 e. The Morgan fingerprint density at radius 1 is 1.38 bits per heavy atom. The molecule has 0 bridgehead atoms. The van der Waals surface area contributed by atoms with Crippen LogP contribution in [0, 0.1) is 0 Å². The number of rotatable bonds is 5. The van der Waals surface area contributed by atoms with Gasteiger partial charge in [-0.15, -0.1) is 0 Å². The zero-order valence-electron chi connectivity index (χ0n) is 14.0. The molecular weight excluding hydrogens is 312 g/mol. The van der Waals surface area contributed by atoms with Crippen molar-refractivity contribution in [1.82, 2.24) is 9.88 Å². The summed E-state index contributed by atoms with van der Waals surface area (Å²) in [6.45, 7) is 2.23. The first-order valence-corrected chi connectivity index (χ1v) is 7.95. The number of aromatic nitrogens is 1. The fourth-order valence-corrected chi connectivity index (χ4v) is 2.84. The summed E-state index contributed by atoms with van der Waals surface area (Å²) in [5.74, 6) is -2.25. The number of aryl methyl sites for hydroxylation is 1. The summed E-state index contributed by atoms with van der Waals surface area (Å²) in [6.07, 6.45) is 6.01. The summed E-state index contributed by atoms with van der Waals surface area (Å²) in [6, 6.07) is 3.82. The van der Waals surface area contributed by atoms with Crippen LogP contribution in [-0.2, 0) is 30.3 Å². The maximum Gasteiger partial charge on any atom is 0.396 e. The van der Waals surface area contributed by atoms with Gasteiger partial charge in [-0.1, -0.05) is 6.07 Å². The highest BCUT2D eigenvalue weighted by molar-refractivity contribution is 6.33. The van der Waals surface area contributed by atoms with Crippen LogP contribution in [0.25, 0.3) is 0 Å². The van der Waals surface area contributed by atoms with Gasteiger partial charge in [0.2, 0.25) is 0 Å². The lowest BCUT2D eigenvalue weighted by Gasteiger charge is -2.32. The Hall–Kier alpha value is -2.44. The van der Waals surface area contributed by atoms with Crippen LogP contribution in [0.15, 0.2) is 24.5 Å². The molecule has 0 saturated carbocycles. The number of ether oxygens (including phenoxy) is 2. The van der Waals surface area contributed by atoms with Gasteiger partial charge in [-0.25, -0.2) is 9.59 Å². The minimum absolute atomic E-state index is 0.254. The smallest absolute Gasteiger partial charge is 0.396 e. The normalized spacial score (nSPS) is 19.8. The Bertz CT molecular complexity index is 604. The number of hydrogen-bond donors (Lipinski definition) is 0. The highest BCUT2D eigenvalue weighted by Gasteiger charge is 2.48. The number of hydrogen-bond acceptors (Lipinski definition) is 6. The lowest BCUT2D eigenvalue weighted by Crippen LogP contribution is -2.53. The molecule has 1 amide bonds. The molecule has 0 unspecified atom stereocenters. The van der Waals surface area contributed by atoms with Gasteiger partial charge in [-0.05, 0) is 44.2 Å². The molecule has 7 heteroatoms. The van der Waals surface area contributed by atoms with Crippen LogP contribution in [0.5, 0.6) is 0 Å². The van der Waals surface area contributed by atoms with E-state index >= 15 is 0 Å². The Morgan fingerprint density at radius 3 is 2.83 bits per heavy atom. The molecule has 1 fully saturated rings. The SMILES string of the molecule is COC(=O)C(=O)N1CCC[C@@]1(C)C(=O)OCCCc1cccnc1. The fourth-order valence-electron chi connectivity index (χ4n) is 2.84. The fraction of sp³-hybridized carbons (Fsp3) is 0.529. The minimum Gasteiger partial charge on any atom is -0.464 e. The van der Waals surface area contributed by atoms with Crippen LogP contribution < -0.4 is 0 Å². The number of esters is 2. The van der Waals surface area contributed by atoms with Crippen molar-refractivity contribution in [2.75, 3.05) is 20.3 Å². The molecule has 1 atom stereocenters. The molecule has 1 aliphatic heterocycles. The molecule has 1 saturated heterocycles. The third-order valence-electron chi connectivity index (χ3n) is 4.25. The molecule has 2 rings (SSSR count). The second-order valence-corrected chi connectivity index (χ2v) is 5.93. The van der Waals surface area contributed by atoms with Crippen molar-refractivity contribution in [3.63, 3.8) is 0 Å². The standard InChI is InChI=1S/C17H22N2O5/c1-17(8-5-10-19(17)14(20)15(21)23-2)16(22)24-11-4-7-13-6-3-9-18-12-13/h3,6,9,12H,4-5,7-8,10-11H2,1-2H3/t17-/m0/s1. The highest BCUT2D eigenvalue weighted by atomic mass is 16.5. The average molecular weight is 334 g/mol. The van der Waals surface area contributed by atoms with Crippen molar-refractivity contribution in [2.45, 2.75) is 38.1 Å². The van der Waals surface area contributed by atoms with Crippen LogP contribution >= 0.6 is 0 Å². The van der Waals surface area contributed by atoms with Gasteiger partial charge in [-0.2, -0.15) is 0 Å². The number of nitrogens with zero attached hydrogens (tertiary/aromatic N) is 2. The van der Waals surface area contributed by atoms with Gasteiger partial charge < -0.3 is 14.4 Å². The molecule has 2 heterocycles. The first kappa shape index (κ1) is 17.9. The lowest BCUT2D eigenvalue weighted by atomic mass is 9.99. The van der Waals surface area contributed by atoms with E-state index in [4.69, 9.17) is 4.74 Å². The third kappa shape index (κ3) is 3.90. The van der Waals surface area contributed by atoms with Crippen LogP contribution in [0.2, 0.25) is 0 Å². The molecule has 1 aliphatic rings. The molecule has 0 aromatic carbocycles. The van der Waals surface area contributed by atoms with Gasteiger partial charge in [-0.3, -0.25) is 9.78 Å². The third-order valence-corrected chi connectivity index (χ3v) is 4.25. The van der Waals surface area contributed by atoms with Gasteiger partial charge >= 0.3 is 17.8 Å². The van der Waals surface area contributed by atoms with Gasteiger partial charge in [0.05, 0.1) is 13.7 Å². The van der Waals surface area contributed by atoms with E-state index in [-0.39, 0.29) is 6.61 Å². The summed E-state index contributed by atoms with van der Waals surface area (Å²) in [5.41, 5.74) is -0.0392. The van der Waals surface area contributed by atoms with E-state index in [0.29, 0.717) is 25.8 Å². The summed E-state index contributed by atoms with van der Waals surface area (Å²) >= 11 is 0. The van der Waals surface area contributed by atoms with Crippen LogP contribution in [-0.4, -0.2) is 53.5 Å². The van der Waals surface area contributed by atoms with Crippen LogP contribution in [0.1, 0.15) is 31.7 Å². The zero-order valence-corrected chi connectivity index (χ0v) is 14.0. The number of carbonyl (C=O) groups excluding carboxylic acids is 3. The number of pyridine rings is 1. The van der Waals surface area contributed by atoms with Crippen LogP contribution in [0.3, 0.4) is 0 Å². The van der Waals surface area contributed by atoms with E-state index in [1.165, 1.54) is 4.90 Å². The van der Waals surface area contributed by atoms with Crippen LogP contribution in [0.4, 0.5) is 0 Å². The zero-order chi connectivity index (χ0) is 17.6. The van der Waals surface area contributed by atoms with Crippen molar-refractivity contribution in [1.29, 1.82) is 0 Å². The lowest BCUT2D eigenvalue weighted by molar-refractivity contribution is -0.167. The summed E-state index contributed by atoms with van der Waals surface area (Å²) < 4.78 is 9.80. The molecule has 0 spiro atoms. The molecule has 0 aliphatic carbocycles. The second kappa shape index (κ2) is 7.90. The van der Waals surface area contributed by atoms with Crippen molar-refractivity contribution >= 4 is 17.8 Å². The van der Waals surface area contributed by atoms with Crippen molar-refractivity contribution in [2.24, 2.45) is 0 Å². The molecule has 1 aromatic rings. The van der Waals surface area contributed by atoms with Gasteiger partial charge in [0.25, 0.3) is 0 Å². The minimum atomic E-state index is -1.11. The Balaban J connectivity index is 1.87. The molecule has 0 N–H and O–H groups in total. The molecule has 1 aromatic heterocycles. The molecular formula is C17H22N2O5. The number of likely N-dealkylation sites (tertiary alicyclic amines) is 1. The topological polar surface area (TPSA) is 85.8 Å². The van der Waals surface area contributed by atoms with E-state index in [1.807, 2.05) is 12.1 Å². The predicted octanol–water partition coefficient (Wildman–Crippen LogP) is 1.11. The van der Waals surface area contributed by atoms with Crippen molar-refractivity contribution in [3.05, 3.63) is 30.1 Å². The summed E-state index contributed by atoms with van der Waals surface area (Å²) in [4.78, 5) is 41.2. The average Bonchev–Trinajstić information content (AvgIpc) is 3.01. The van der Waals surface area contributed by atoms with Crippen molar-refractivity contribution < 1.29 is 23.9 Å². The van der Waals surface area contributed by atoms with E-state index in [2.05, 4.69) is 9.72 Å². The summed E-state index contributed by atoms with van der Waals surface area (Å²) in [7, 11) is 1.14. The highest BCUT2D eigenvalue weighted by Crippen LogP contribution is 2.30. The Morgan fingerprint density at radius 2 is 2.17 bits per heavy atom. The Labute approximate surface area is 140 Å². The first-order valence-electron chi connectivity index (χ1n) is 7.95. The van der Waals surface area contributed by atoms with Gasteiger partial charge in [0.15, 0.2) is 0 Å². The predicted molar refractivity (Wildman–Crippen MR) is 84.9 cm³/mol. The number of carbonyl (C=O) groups is 3. The molecule has 7 nitrogen and oxygen atoms in total. The quantitative estimate of drug-likeness (QED) is 0.455. The maximum atomic E-state index is 12.4. The van der Waals surface area contributed by atoms with E-state index in [0.717, 1.165) is 19.1 Å². The molecule has 24 heavy (non-hydrogen) atoms. The monoisotopic (exact) mass is 334 g/mol. The molecule has 0 radical (unpaired) electrons. The van der Waals surface area contributed by atoms with Gasteiger partial charge in [0.1, 0.15) is 5.54 Å². The van der Waals surface area contributed by atoms with E-state index in [1.54, 1.807) is 19.3 Å². The Kier molecular flexibility index (Phi) is 5.89. The molecule has 130 valence electrons. The van der Waals surface area contributed by atoms with E-state index < -0.39 is 23.4 Å². The number of methoxy groups -OCH3 is 1. The van der Waals surface area contributed by atoms with Gasteiger partial charge in [0, 0.05) is 18.9 Å². The van der Waals surface area contributed by atoms with E-state index in [9.17, 15) is 14.4 Å². The first-order chi connectivity index (χ1) is 11.5. The van der Waals surface area contributed by atoms with Crippen molar-refractivity contribution in [3.8, 4) is 0 Å². The maximum absolute atomic E-state index is 12.4. The number of amides is 1. The summed E-state index contributed by atoms with van der Waals surface area (Å²) in [5, 5.41) is 0.